The molecule has 0 atom stereocenters. The number of hydrogen-bond acceptors (Lipinski definition) is 3. The van der Waals surface area contributed by atoms with Crippen LogP contribution in [0.5, 0.6) is 0 Å². The molecule has 1 aromatic carbocycles. The summed E-state index contributed by atoms with van der Waals surface area (Å²) < 4.78 is 13.4. The molecule has 0 unspecified atom stereocenters. The zero-order chi connectivity index (χ0) is 13.7. The molecule has 1 fully saturated rings. The van der Waals surface area contributed by atoms with Crippen LogP contribution in [0.4, 0.5) is 10.1 Å². The number of likely N-dealkylation sites (tertiary alicyclic amines) is 1. The fourth-order valence-corrected chi connectivity index (χ4v) is 2.42. The van der Waals surface area contributed by atoms with Crippen molar-refractivity contribution in [2.24, 2.45) is 0 Å². The Hall–Kier alpha value is -1.62. The number of carbonyl (C=O) groups is 1. The standard InChI is InChI=1S/C14H19FN2O2/c15-11-5-3-6-12(13(11)14(18)19)16-7-4-10-17-8-1-2-9-17/h3,5-6,16H,1-2,4,7-10H2,(H,18,19). The first-order valence-corrected chi connectivity index (χ1v) is 6.66. The maximum atomic E-state index is 13.4. The van der Waals surface area contributed by atoms with Crippen molar-refractivity contribution >= 4 is 11.7 Å². The lowest BCUT2D eigenvalue weighted by molar-refractivity contribution is 0.0693. The van der Waals surface area contributed by atoms with Crippen LogP contribution in [0.15, 0.2) is 18.2 Å². The van der Waals surface area contributed by atoms with Crippen molar-refractivity contribution in [2.45, 2.75) is 19.3 Å². The summed E-state index contributed by atoms with van der Waals surface area (Å²) >= 11 is 0. The third kappa shape index (κ3) is 3.67. The molecule has 1 aliphatic heterocycles. The van der Waals surface area contributed by atoms with Crippen LogP contribution >= 0.6 is 0 Å². The summed E-state index contributed by atoms with van der Waals surface area (Å²) in [6, 6.07) is 4.28. The highest BCUT2D eigenvalue weighted by molar-refractivity contribution is 5.94. The predicted octanol–water partition coefficient (Wildman–Crippen LogP) is 2.42. The van der Waals surface area contributed by atoms with Crippen LogP contribution in [-0.4, -0.2) is 42.2 Å². The molecule has 4 nitrogen and oxygen atoms in total. The maximum absolute atomic E-state index is 13.4. The maximum Gasteiger partial charge on any atom is 0.340 e. The van der Waals surface area contributed by atoms with Gasteiger partial charge in [-0.3, -0.25) is 0 Å². The lowest BCUT2D eigenvalue weighted by atomic mass is 10.1. The molecular formula is C14H19FN2O2. The summed E-state index contributed by atoms with van der Waals surface area (Å²) in [7, 11) is 0. The summed E-state index contributed by atoms with van der Waals surface area (Å²) in [5, 5.41) is 12.0. The van der Waals surface area contributed by atoms with Crippen LogP contribution in [0.3, 0.4) is 0 Å². The molecule has 2 rings (SSSR count). The Morgan fingerprint density at radius 3 is 2.79 bits per heavy atom. The van der Waals surface area contributed by atoms with Crippen molar-refractivity contribution in [3.63, 3.8) is 0 Å². The molecule has 1 heterocycles. The second-order valence-electron chi connectivity index (χ2n) is 4.80. The van der Waals surface area contributed by atoms with Gasteiger partial charge in [0.25, 0.3) is 0 Å². The Balaban J connectivity index is 1.85. The summed E-state index contributed by atoms with van der Waals surface area (Å²) in [6.07, 6.45) is 3.45. The third-order valence-corrected chi connectivity index (χ3v) is 3.39. The van der Waals surface area contributed by atoms with Gasteiger partial charge in [-0.05, 0) is 51.0 Å². The van der Waals surface area contributed by atoms with Gasteiger partial charge in [0, 0.05) is 6.54 Å². The van der Waals surface area contributed by atoms with E-state index in [1.807, 2.05) is 0 Å². The zero-order valence-corrected chi connectivity index (χ0v) is 10.9. The Labute approximate surface area is 112 Å². The molecule has 0 bridgehead atoms. The van der Waals surface area contributed by atoms with E-state index in [1.165, 1.54) is 25.0 Å². The molecule has 19 heavy (non-hydrogen) atoms. The van der Waals surface area contributed by atoms with Crippen LogP contribution < -0.4 is 5.32 Å². The number of anilines is 1. The lowest BCUT2D eigenvalue weighted by Gasteiger charge is -2.15. The molecule has 104 valence electrons. The van der Waals surface area contributed by atoms with Gasteiger partial charge < -0.3 is 15.3 Å². The molecule has 2 N–H and O–H groups in total. The second-order valence-corrected chi connectivity index (χ2v) is 4.80. The first kappa shape index (κ1) is 13.8. The zero-order valence-electron chi connectivity index (χ0n) is 10.9. The highest BCUT2D eigenvalue weighted by Gasteiger charge is 2.15. The van der Waals surface area contributed by atoms with E-state index in [9.17, 15) is 9.18 Å². The van der Waals surface area contributed by atoms with Crippen LogP contribution in [0.1, 0.15) is 29.6 Å². The molecule has 1 saturated heterocycles. The van der Waals surface area contributed by atoms with E-state index in [0.717, 1.165) is 26.1 Å². The molecule has 0 radical (unpaired) electrons. The van der Waals surface area contributed by atoms with E-state index in [0.29, 0.717) is 12.2 Å². The SMILES string of the molecule is O=C(O)c1c(F)cccc1NCCCN1CCCC1. The van der Waals surface area contributed by atoms with Crippen molar-refractivity contribution in [2.75, 3.05) is 31.5 Å². The van der Waals surface area contributed by atoms with Gasteiger partial charge in [0.15, 0.2) is 0 Å². The van der Waals surface area contributed by atoms with E-state index in [1.54, 1.807) is 6.07 Å². The molecule has 0 spiro atoms. The van der Waals surface area contributed by atoms with Gasteiger partial charge in [0.05, 0.1) is 5.69 Å². The molecule has 1 aromatic rings. The number of carboxylic acid groups (broad SMARTS) is 1. The first-order chi connectivity index (χ1) is 9.18. The van der Waals surface area contributed by atoms with Crippen molar-refractivity contribution in [1.82, 2.24) is 4.90 Å². The highest BCUT2D eigenvalue weighted by Crippen LogP contribution is 2.19. The van der Waals surface area contributed by atoms with Gasteiger partial charge in [-0.25, -0.2) is 9.18 Å². The summed E-state index contributed by atoms with van der Waals surface area (Å²) in [5.74, 6) is -1.93. The fourth-order valence-electron chi connectivity index (χ4n) is 2.42. The van der Waals surface area contributed by atoms with Crippen LogP contribution in [0.25, 0.3) is 0 Å². The lowest BCUT2D eigenvalue weighted by Crippen LogP contribution is -2.22. The van der Waals surface area contributed by atoms with Gasteiger partial charge in [0.1, 0.15) is 11.4 Å². The number of halogens is 1. The minimum Gasteiger partial charge on any atom is -0.478 e. The average Bonchev–Trinajstić information content (AvgIpc) is 2.87. The second kappa shape index (κ2) is 6.52. The monoisotopic (exact) mass is 266 g/mol. The number of carboxylic acids is 1. The number of nitrogens with one attached hydrogen (secondary N) is 1. The summed E-state index contributed by atoms with van der Waals surface area (Å²) in [5.41, 5.74) is 0.0811. The molecule has 0 saturated carbocycles. The number of rotatable bonds is 6. The van der Waals surface area contributed by atoms with Crippen LogP contribution in [0.2, 0.25) is 0 Å². The van der Waals surface area contributed by atoms with Crippen molar-refractivity contribution in [3.8, 4) is 0 Å². The fraction of sp³-hybridized carbons (Fsp3) is 0.500. The smallest absolute Gasteiger partial charge is 0.340 e. The van der Waals surface area contributed by atoms with Crippen molar-refractivity contribution in [1.29, 1.82) is 0 Å². The van der Waals surface area contributed by atoms with E-state index in [-0.39, 0.29) is 5.56 Å². The number of nitrogens with zero attached hydrogens (tertiary/aromatic N) is 1. The number of benzene rings is 1. The normalized spacial score (nSPS) is 15.6. The van der Waals surface area contributed by atoms with Crippen LogP contribution in [0, 0.1) is 5.82 Å². The van der Waals surface area contributed by atoms with E-state index < -0.39 is 11.8 Å². The van der Waals surface area contributed by atoms with Crippen LogP contribution in [-0.2, 0) is 0 Å². The predicted molar refractivity (Wildman–Crippen MR) is 72.1 cm³/mol. The van der Waals surface area contributed by atoms with E-state index in [4.69, 9.17) is 5.11 Å². The minimum absolute atomic E-state index is 0.274. The largest absolute Gasteiger partial charge is 0.478 e. The molecule has 0 amide bonds. The van der Waals surface area contributed by atoms with Crippen molar-refractivity contribution in [3.05, 3.63) is 29.6 Å². The number of hydrogen-bond donors (Lipinski definition) is 2. The summed E-state index contributed by atoms with van der Waals surface area (Å²) in [6.45, 7) is 3.96. The average molecular weight is 266 g/mol. The quantitative estimate of drug-likeness (QED) is 0.776. The summed E-state index contributed by atoms with van der Waals surface area (Å²) in [4.78, 5) is 13.4. The van der Waals surface area contributed by atoms with Gasteiger partial charge in [-0.1, -0.05) is 6.07 Å². The van der Waals surface area contributed by atoms with Gasteiger partial charge in [-0.2, -0.15) is 0 Å². The van der Waals surface area contributed by atoms with E-state index >= 15 is 0 Å². The first-order valence-electron chi connectivity index (χ1n) is 6.66. The molecule has 1 aliphatic rings. The highest BCUT2D eigenvalue weighted by atomic mass is 19.1. The Morgan fingerprint density at radius 2 is 2.11 bits per heavy atom. The molecule has 5 heteroatoms. The van der Waals surface area contributed by atoms with Crippen molar-refractivity contribution < 1.29 is 14.3 Å². The van der Waals surface area contributed by atoms with Gasteiger partial charge in [0.2, 0.25) is 0 Å². The molecular weight excluding hydrogens is 247 g/mol. The number of aromatic carboxylic acids is 1. The Kier molecular flexibility index (Phi) is 4.74. The Bertz CT molecular complexity index is 445. The third-order valence-electron chi connectivity index (χ3n) is 3.39. The molecule has 0 aliphatic carbocycles. The Morgan fingerprint density at radius 1 is 1.37 bits per heavy atom. The van der Waals surface area contributed by atoms with Gasteiger partial charge in [-0.15, -0.1) is 0 Å². The topological polar surface area (TPSA) is 52.6 Å². The van der Waals surface area contributed by atoms with E-state index in [2.05, 4.69) is 10.2 Å². The minimum atomic E-state index is -1.24. The van der Waals surface area contributed by atoms with Gasteiger partial charge >= 0.3 is 5.97 Å². The molecule has 0 aromatic heterocycles.